The molecule has 3 aromatic carbocycles. The molecule has 2 aromatic heterocycles. The molecule has 0 radical (unpaired) electrons. The van der Waals surface area contributed by atoms with E-state index in [4.69, 9.17) is 9.15 Å². The van der Waals surface area contributed by atoms with Gasteiger partial charge in [0.15, 0.2) is 6.20 Å². The average Bonchev–Trinajstić information content (AvgIpc) is 3.23. The molecule has 170 valence electrons. The lowest BCUT2D eigenvalue weighted by Gasteiger charge is -2.22. The molecule has 34 heavy (non-hydrogen) atoms. The maximum atomic E-state index is 14.9. The van der Waals surface area contributed by atoms with Crippen molar-refractivity contribution < 1.29 is 18.1 Å². The summed E-state index contributed by atoms with van der Waals surface area (Å²) < 4.78 is 29.0. The van der Waals surface area contributed by atoms with Gasteiger partial charge in [-0.2, -0.15) is 0 Å². The Morgan fingerprint density at radius 1 is 0.882 bits per heavy atom. The van der Waals surface area contributed by atoms with Gasteiger partial charge >= 0.3 is 0 Å². The lowest BCUT2D eigenvalue weighted by Crippen LogP contribution is -2.30. The Hall–Kier alpha value is -3.50. The molecule has 0 saturated carbocycles. The van der Waals surface area contributed by atoms with E-state index < -0.39 is 0 Å². The van der Waals surface area contributed by atoms with Crippen LogP contribution in [0.2, 0.25) is 0 Å². The first kappa shape index (κ1) is 21.1. The molecule has 0 unspecified atom stereocenters. The highest BCUT2D eigenvalue weighted by molar-refractivity contribution is 6.13. The number of fused-ring (bicyclic) bond motifs is 3. The maximum Gasteiger partial charge on any atom is 0.216 e. The van der Waals surface area contributed by atoms with Crippen molar-refractivity contribution >= 4 is 21.9 Å². The van der Waals surface area contributed by atoms with E-state index in [-0.39, 0.29) is 5.82 Å². The van der Waals surface area contributed by atoms with Gasteiger partial charge in [-0.15, -0.1) is 0 Å². The van der Waals surface area contributed by atoms with Crippen LogP contribution in [0.1, 0.15) is 29.9 Å². The summed E-state index contributed by atoms with van der Waals surface area (Å²) in [6, 6.07) is 22.0. The van der Waals surface area contributed by atoms with Crippen LogP contribution in [-0.4, -0.2) is 13.2 Å². The molecule has 1 aliphatic rings. The van der Waals surface area contributed by atoms with E-state index in [1.807, 2.05) is 31.4 Å². The van der Waals surface area contributed by atoms with Gasteiger partial charge in [-0.25, -0.2) is 8.96 Å². The fourth-order valence-electron chi connectivity index (χ4n) is 5.29. The monoisotopic (exact) mass is 452 g/mol. The molecular weight excluding hydrogens is 425 g/mol. The van der Waals surface area contributed by atoms with E-state index in [1.165, 1.54) is 5.56 Å². The number of ether oxygens (including phenoxy) is 1. The molecule has 0 bridgehead atoms. The minimum Gasteiger partial charge on any atom is -0.454 e. The number of nitrogens with zero attached hydrogens (tertiary/aromatic N) is 1. The van der Waals surface area contributed by atoms with Crippen LogP contribution in [0.25, 0.3) is 44.3 Å². The molecule has 1 fully saturated rings. The van der Waals surface area contributed by atoms with Crippen molar-refractivity contribution in [3.05, 3.63) is 89.9 Å². The molecule has 3 nitrogen and oxygen atoms in total. The van der Waals surface area contributed by atoms with Gasteiger partial charge in [0.25, 0.3) is 0 Å². The second-order valence-electron chi connectivity index (χ2n) is 9.27. The Morgan fingerprint density at radius 3 is 2.44 bits per heavy atom. The lowest BCUT2D eigenvalue weighted by molar-refractivity contribution is -0.660. The Labute approximate surface area is 198 Å². The molecule has 0 aliphatic carbocycles. The van der Waals surface area contributed by atoms with Crippen LogP contribution in [0.15, 0.2) is 77.3 Å². The van der Waals surface area contributed by atoms with E-state index in [9.17, 15) is 4.39 Å². The Kier molecular flexibility index (Phi) is 5.19. The largest absolute Gasteiger partial charge is 0.454 e. The van der Waals surface area contributed by atoms with Crippen LogP contribution < -0.4 is 4.57 Å². The number of rotatable bonds is 3. The normalized spacial score (nSPS) is 14.8. The standard InChI is InChI=1S/C30H27FNO2/c1-19-6-11-24-26-18-23(31)17-25(22-9-7-20(8-10-22)21-12-15-33-16-13-21)29(26)34-30(24)28(19)27-5-3-4-14-32(27)2/h3-11,14,17-18,21H,12-13,15-16H2,1-2H3/q+1. The van der Waals surface area contributed by atoms with Gasteiger partial charge in [0.05, 0.1) is 5.56 Å². The molecule has 4 heteroatoms. The minimum absolute atomic E-state index is 0.258. The number of aromatic nitrogens is 1. The van der Waals surface area contributed by atoms with Crippen LogP contribution in [0.5, 0.6) is 0 Å². The first-order valence-electron chi connectivity index (χ1n) is 11.9. The molecule has 1 aliphatic heterocycles. The lowest BCUT2D eigenvalue weighted by atomic mass is 9.90. The van der Waals surface area contributed by atoms with Crippen LogP contribution >= 0.6 is 0 Å². The van der Waals surface area contributed by atoms with Crippen molar-refractivity contribution in [3.63, 3.8) is 0 Å². The summed E-state index contributed by atoms with van der Waals surface area (Å²) in [5.41, 5.74) is 7.80. The van der Waals surface area contributed by atoms with Crippen molar-refractivity contribution in [1.29, 1.82) is 0 Å². The third-order valence-corrected chi connectivity index (χ3v) is 7.14. The number of hydrogen-bond acceptors (Lipinski definition) is 2. The van der Waals surface area contributed by atoms with Crippen LogP contribution in [0.3, 0.4) is 0 Å². The van der Waals surface area contributed by atoms with Crippen LogP contribution in [-0.2, 0) is 11.8 Å². The number of aryl methyl sites for hydroxylation is 2. The van der Waals surface area contributed by atoms with Gasteiger partial charge in [0, 0.05) is 41.7 Å². The predicted molar refractivity (Wildman–Crippen MR) is 133 cm³/mol. The average molecular weight is 453 g/mol. The van der Waals surface area contributed by atoms with Gasteiger partial charge in [0.2, 0.25) is 5.69 Å². The summed E-state index contributed by atoms with van der Waals surface area (Å²) in [7, 11) is 2.03. The van der Waals surface area contributed by atoms with Gasteiger partial charge in [-0.1, -0.05) is 36.4 Å². The van der Waals surface area contributed by atoms with E-state index in [1.54, 1.807) is 12.1 Å². The van der Waals surface area contributed by atoms with E-state index in [0.717, 1.165) is 75.9 Å². The highest BCUT2D eigenvalue weighted by atomic mass is 19.1. The molecular formula is C30H27FNO2+. The fraction of sp³-hybridized carbons (Fsp3) is 0.233. The van der Waals surface area contributed by atoms with Crippen molar-refractivity contribution in [2.24, 2.45) is 7.05 Å². The number of halogens is 1. The number of pyridine rings is 1. The van der Waals surface area contributed by atoms with Gasteiger partial charge in [0.1, 0.15) is 24.0 Å². The van der Waals surface area contributed by atoms with E-state index in [0.29, 0.717) is 5.92 Å². The van der Waals surface area contributed by atoms with E-state index >= 15 is 0 Å². The van der Waals surface area contributed by atoms with Crippen molar-refractivity contribution in [3.8, 4) is 22.4 Å². The molecule has 5 aromatic rings. The smallest absolute Gasteiger partial charge is 0.216 e. The maximum absolute atomic E-state index is 14.9. The summed E-state index contributed by atoms with van der Waals surface area (Å²) in [6.07, 6.45) is 4.12. The highest BCUT2D eigenvalue weighted by Crippen LogP contribution is 2.41. The van der Waals surface area contributed by atoms with Crippen LogP contribution in [0, 0.1) is 12.7 Å². The summed E-state index contributed by atoms with van der Waals surface area (Å²) in [5, 5.41) is 1.73. The number of benzene rings is 3. The molecule has 3 heterocycles. The first-order valence-corrected chi connectivity index (χ1v) is 11.9. The SMILES string of the molecule is Cc1ccc2c(oc3c(-c4ccc(C5CCOCC5)cc4)cc(F)cc32)c1-c1cccc[n+]1C. The number of furan rings is 1. The zero-order valence-corrected chi connectivity index (χ0v) is 19.5. The fourth-order valence-corrected chi connectivity index (χ4v) is 5.29. The summed E-state index contributed by atoms with van der Waals surface area (Å²) >= 11 is 0. The second kappa shape index (κ2) is 8.37. The van der Waals surface area contributed by atoms with Gasteiger partial charge in [-0.05, 0) is 60.6 Å². The molecule has 0 atom stereocenters. The Balaban J connectivity index is 1.54. The first-order chi connectivity index (χ1) is 16.6. The number of hydrogen-bond donors (Lipinski definition) is 0. The molecule has 0 N–H and O–H groups in total. The summed E-state index contributed by atoms with van der Waals surface area (Å²) in [5.74, 6) is 0.268. The predicted octanol–water partition coefficient (Wildman–Crippen LogP) is 7.09. The molecule has 6 rings (SSSR count). The summed E-state index contributed by atoms with van der Waals surface area (Å²) in [6.45, 7) is 3.72. The third kappa shape index (κ3) is 3.50. The minimum atomic E-state index is -0.258. The van der Waals surface area contributed by atoms with Crippen molar-refractivity contribution in [2.45, 2.75) is 25.7 Å². The van der Waals surface area contributed by atoms with Crippen molar-refractivity contribution in [2.75, 3.05) is 13.2 Å². The topological polar surface area (TPSA) is 26.2 Å². The molecule has 0 spiro atoms. The third-order valence-electron chi connectivity index (χ3n) is 7.14. The Morgan fingerprint density at radius 2 is 1.68 bits per heavy atom. The zero-order valence-electron chi connectivity index (χ0n) is 19.5. The van der Waals surface area contributed by atoms with Crippen molar-refractivity contribution in [1.82, 2.24) is 0 Å². The molecule has 0 amide bonds. The van der Waals surface area contributed by atoms with E-state index in [2.05, 4.69) is 47.9 Å². The second-order valence-corrected chi connectivity index (χ2v) is 9.27. The van der Waals surface area contributed by atoms with Gasteiger partial charge in [-0.3, -0.25) is 0 Å². The van der Waals surface area contributed by atoms with Gasteiger partial charge < -0.3 is 9.15 Å². The zero-order chi connectivity index (χ0) is 23.2. The molecule has 1 saturated heterocycles. The quantitative estimate of drug-likeness (QED) is 0.273. The highest BCUT2D eigenvalue weighted by Gasteiger charge is 2.22. The summed E-state index contributed by atoms with van der Waals surface area (Å²) in [4.78, 5) is 0. The van der Waals surface area contributed by atoms with Crippen LogP contribution in [0.4, 0.5) is 4.39 Å². The Bertz CT molecular complexity index is 1510.